The molecule has 0 atom stereocenters. The number of rotatable bonds is 11. The van der Waals surface area contributed by atoms with Gasteiger partial charge in [-0.05, 0) is 50.1 Å². The van der Waals surface area contributed by atoms with E-state index in [1.54, 1.807) is 41.2 Å². The van der Waals surface area contributed by atoms with Crippen molar-refractivity contribution in [1.82, 2.24) is 19.5 Å². The summed E-state index contributed by atoms with van der Waals surface area (Å²) in [6, 6.07) is 16.2. The maximum Gasteiger partial charge on any atom is 0.404 e. The number of nitrogens with zero attached hydrogens (tertiary/aromatic N) is 3. The Morgan fingerprint density at radius 2 is 1.82 bits per heavy atom. The number of ether oxygens (including phenoxy) is 1. The molecule has 0 fully saturated rings. The monoisotopic (exact) mass is 579 g/mol. The number of hydrogen-bond acceptors (Lipinski definition) is 7. The maximum absolute atomic E-state index is 12.7. The molecular formula is C26H28F3N5O3S2. The number of alkyl halides is 3. The van der Waals surface area contributed by atoms with Gasteiger partial charge in [0.1, 0.15) is 5.75 Å². The number of nitrogens with one attached hydrogen (secondary N) is 2. The van der Waals surface area contributed by atoms with Crippen LogP contribution in [0, 0.1) is 0 Å². The zero-order chi connectivity index (χ0) is 28.3. The second-order valence-corrected chi connectivity index (χ2v) is 11.9. The SMILES string of the molecule is CCn1nc(-c2cccc(C(C)(C)NS(=O)(=O)CC(F)(F)F)c2)cc1Oc1ccc(CNc2nccs2)cc1. The van der Waals surface area contributed by atoms with Gasteiger partial charge in [0.15, 0.2) is 10.9 Å². The van der Waals surface area contributed by atoms with E-state index >= 15 is 0 Å². The van der Waals surface area contributed by atoms with Crippen LogP contribution in [-0.4, -0.2) is 35.1 Å². The molecule has 4 aromatic rings. The van der Waals surface area contributed by atoms with Crippen molar-refractivity contribution in [3.63, 3.8) is 0 Å². The van der Waals surface area contributed by atoms with Gasteiger partial charge in [-0.25, -0.2) is 22.8 Å². The molecule has 0 spiro atoms. The molecule has 0 amide bonds. The number of sulfonamides is 1. The predicted octanol–water partition coefficient (Wildman–Crippen LogP) is 6.15. The van der Waals surface area contributed by atoms with Crippen LogP contribution >= 0.6 is 11.3 Å². The fraction of sp³-hybridized carbons (Fsp3) is 0.308. The summed E-state index contributed by atoms with van der Waals surface area (Å²) in [5, 5.41) is 10.6. The smallest absolute Gasteiger partial charge is 0.404 e. The zero-order valence-electron chi connectivity index (χ0n) is 21.5. The van der Waals surface area contributed by atoms with Crippen LogP contribution < -0.4 is 14.8 Å². The van der Waals surface area contributed by atoms with E-state index in [1.165, 1.54) is 25.2 Å². The Kier molecular flexibility index (Phi) is 8.33. The van der Waals surface area contributed by atoms with Gasteiger partial charge in [0.05, 0.1) is 11.2 Å². The number of thiazole rings is 1. The molecule has 208 valence electrons. The first-order valence-electron chi connectivity index (χ1n) is 12.0. The second-order valence-electron chi connectivity index (χ2n) is 9.30. The summed E-state index contributed by atoms with van der Waals surface area (Å²) in [6.45, 7) is 6.11. The first-order valence-corrected chi connectivity index (χ1v) is 14.5. The highest BCUT2D eigenvalue weighted by molar-refractivity contribution is 7.89. The lowest BCUT2D eigenvalue weighted by Gasteiger charge is -2.27. The van der Waals surface area contributed by atoms with Crippen molar-refractivity contribution in [3.05, 3.63) is 77.3 Å². The molecule has 0 saturated heterocycles. The number of benzene rings is 2. The predicted molar refractivity (Wildman–Crippen MR) is 145 cm³/mol. The molecule has 8 nitrogen and oxygen atoms in total. The minimum absolute atomic E-state index is 0.487. The average Bonchev–Trinajstić information content (AvgIpc) is 3.51. The Balaban J connectivity index is 1.49. The van der Waals surface area contributed by atoms with Crippen LogP contribution in [0.4, 0.5) is 18.3 Å². The third-order valence-electron chi connectivity index (χ3n) is 5.71. The van der Waals surface area contributed by atoms with Crippen molar-refractivity contribution in [2.45, 2.75) is 45.6 Å². The molecule has 0 bridgehead atoms. The molecule has 13 heteroatoms. The van der Waals surface area contributed by atoms with Gasteiger partial charge in [0, 0.05) is 36.3 Å². The van der Waals surface area contributed by atoms with E-state index in [0.717, 1.165) is 10.7 Å². The quantitative estimate of drug-likeness (QED) is 0.221. The second kappa shape index (κ2) is 11.4. The molecule has 0 radical (unpaired) electrons. The van der Waals surface area contributed by atoms with Gasteiger partial charge in [-0.3, -0.25) is 0 Å². The van der Waals surface area contributed by atoms with E-state index in [9.17, 15) is 21.6 Å². The summed E-state index contributed by atoms with van der Waals surface area (Å²) < 4.78 is 72.2. The lowest BCUT2D eigenvalue weighted by molar-refractivity contribution is -0.106. The van der Waals surface area contributed by atoms with Gasteiger partial charge in [0.25, 0.3) is 0 Å². The molecule has 0 saturated carbocycles. The van der Waals surface area contributed by atoms with Gasteiger partial charge >= 0.3 is 6.18 Å². The van der Waals surface area contributed by atoms with Gasteiger partial charge in [-0.2, -0.15) is 18.3 Å². The fourth-order valence-electron chi connectivity index (χ4n) is 3.90. The molecule has 0 unspecified atom stereocenters. The van der Waals surface area contributed by atoms with Gasteiger partial charge < -0.3 is 10.1 Å². The third kappa shape index (κ3) is 7.80. The van der Waals surface area contributed by atoms with E-state index in [-0.39, 0.29) is 0 Å². The lowest BCUT2D eigenvalue weighted by atomic mass is 9.93. The zero-order valence-corrected chi connectivity index (χ0v) is 23.1. The Morgan fingerprint density at radius 1 is 1.08 bits per heavy atom. The van der Waals surface area contributed by atoms with Crippen LogP contribution in [-0.2, 0) is 28.7 Å². The van der Waals surface area contributed by atoms with Crippen LogP contribution in [0.3, 0.4) is 0 Å². The number of aryl methyl sites for hydroxylation is 1. The first kappa shape index (κ1) is 28.6. The largest absolute Gasteiger partial charge is 0.439 e. The summed E-state index contributed by atoms with van der Waals surface area (Å²) in [5.74, 6) is -0.812. The molecule has 39 heavy (non-hydrogen) atoms. The van der Waals surface area contributed by atoms with Crippen molar-refractivity contribution in [1.29, 1.82) is 0 Å². The Morgan fingerprint density at radius 3 is 2.46 bits per heavy atom. The van der Waals surface area contributed by atoms with Gasteiger partial charge in [-0.15, -0.1) is 11.3 Å². The topological polar surface area (TPSA) is 98.1 Å². The van der Waals surface area contributed by atoms with Crippen molar-refractivity contribution in [2.24, 2.45) is 0 Å². The summed E-state index contributed by atoms with van der Waals surface area (Å²) in [5.41, 5.74) is 1.50. The lowest BCUT2D eigenvalue weighted by Crippen LogP contribution is -2.44. The number of aromatic nitrogens is 3. The molecule has 2 heterocycles. The minimum atomic E-state index is -4.84. The maximum atomic E-state index is 12.7. The molecule has 0 aliphatic carbocycles. The Hall–Kier alpha value is -3.42. The van der Waals surface area contributed by atoms with Crippen LogP contribution in [0.2, 0.25) is 0 Å². The normalized spacial score (nSPS) is 12.5. The molecule has 2 N–H and O–H groups in total. The molecule has 0 aliphatic heterocycles. The van der Waals surface area contributed by atoms with Crippen molar-refractivity contribution in [3.8, 4) is 22.9 Å². The number of halogens is 3. The van der Waals surface area contributed by atoms with E-state index < -0.39 is 27.5 Å². The minimum Gasteiger partial charge on any atom is -0.439 e. The molecular weight excluding hydrogens is 551 g/mol. The highest BCUT2D eigenvalue weighted by Crippen LogP contribution is 2.31. The molecule has 2 aromatic carbocycles. The molecule has 4 rings (SSSR count). The summed E-state index contributed by atoms with van der Waals surface area (Å²) in [6.07, 6.45) is -3.10. The van der Waals surface area contributed by atoms with E-state index in [1.807, 2.05) is 36.6 Å². The first-order chi connectivity index (χ1) is 18.3. The summed E-state index contributed by atoms with van der Waals surface area (Å²) >= 11 is 1.53. The average molecular weight is 580 g/mol. The van der Waals surface area contributed by atoms with Gasteiger partial charge in [0.2, 0.25) is 15.9 Å². The standard InChI is InChI=1S/C26H28F3N5O3S2/c1-4-34-23(37-21-10-8-18(9-11-21)16-31-24-30-12-13-38-24)15-22(32-34)19-6-5-7-20(14-19)25(2,3)33-39(35,36)17-26(27,28)29/h5-15,33H,4,16-17H2,1-3H3,(H,30,31). The third-order valence-corrected chi connectivity index (χ3v) is 7.97. The van der Waals surface area contributed by atoms with E-state index in [2.05, 4.69) is 20.1 Å². The number of anilines is 1. The summed E-state index contributed by atoms with van der Waals surface area (Å²) in [4.78, 5) is 4.20. The highest BCUT2D eigenvalue weighted by Gasteiger charge is 2.38. The van der Waals surface area contributed by atoms with Crippen molar-refractivity contribution in [2.75, 3.05) is 11.1 Å². The molecule has 2 aromatic heterocycles. The van der Waals surface area contributed by atoms with Crippen LogP contribution in [0.5, 0.6) is 11.6 Å². The van der Waals surface area contributed by atoms with Crippen LogP contribution in [0.1, 0.15) is 31.9 Å². The van der Waals surface area contributed by atoms with E-state index in [4.69, 9.17) is 4.74 Å². The van der Waals surface area contributed by atoms with Crippen LogP contribution in [0.15, 0.2) is 66.2 Å². The Bertz CT molecular complexity index is 1500. The molecule has 0 aliphatic rings. The Labute approximate surface area is 228 Å². The highest BCUT2D eigenvalue weighted by atomic mass is 32.2. The number of hydrogen-bond donors (Lipinski definition) is 2. The van der Waals surface area contributed by atoms with Crippen molar-refractivity contribution < 1.29 is 26.3 Å². The summed E-state index contributed by atoms with van der Waals surface area (Å²) in [7, 11) is -4.60. The van der Waals surface area contributed by atoms with Gasteiger partial charge in [-0.1, -0.05) is 30.3 Å². The van der Waals surface area contributed by atoms with Crippen molar-refractivity contribution >= 4 is 26.5 Å². The van der Waals surface area contributed by atoms with Crippen LogP contribution in [0.25, 0.3) is 11.3 Å². The van der Waals surface area contributed by atoms with E-state index in [0.29, 0.717) is 41.5 Å². The fourth-order valence-corrected chi connectivity index (χ4v) is 5.83.